The number of anilines is 1. The lowest BCUT2D eigenvalue weighted by Gasteiger charge is -2.04. The van der Waals surface area contributed by atoms with Gasteiger partial charge in [-0.15, -0.1) is 11.3 Å². The maximum atomic E-state index is 5.97. The highest BCUT2D eigenvalue weighted by Gasteiger charge is 2.07. The van der Waals surface area contributed by atoms with E-state index in [4.69, 9.17) is 5.73 Å². The largest absolute Gasteiger partial charge is 0.397 e. The van der Waals surface area contributed by atoms with E-state index >= 15 is 0 Å². The standard InChI is InChI=1S/C11H12N2S/c1-7-5-6-13-11(10(7)12)9-4-3-8(2)14-9/h3-6H,12H2,1-2H3. The molecule has 0 radical (unpaired) electrons. The molecule has 0 aliphatic rings. The molecule has 2 aromatic rings. The van der Waals surface area contributed by atoms with E-state index in [0.29, 0.717) is 0 Å². The molecule has 2 aromatic heterocycles. The van der Waals surface area contributed by atoms with Crippen LogP contribution < -0.4 is 5.73 Å². The number of rotatable bonds is 1. The van der Waals surface area contributed by atoms with Gasteiger partial charge in [0.25, 0.3) is 0 Å². The van der Waals surface area contributed by atoms with E-state index in [1.54, 1.807) is 17.5 Å². The Bertz CT molecular complexity index is 460. The zero-order valence-electron chi connectivity index (χ0n) is 8.24. The first kappa shape index (κ1) is 9.21. The molecule has 2 heterocycles. The highest BCUT2D eigenvalue weighted by atomic mass is 32.1. The summed E-state index contributed by atoms with van der Waals surface area (Å²) in [5.41, 5.74) is 8.74. The van der Waals surface area contributed by atoms with Crippen LogP contribution in [0.15, 0.2) is 24.4 Å². The number of aryl methyl sites for hydroxylation is 2. The molecule has 0 saturated heterocycles. The van der Waals surface area contributed by atoms with Crippen molar-refractivity contribution < 1.29 is 0 Å². The summed E-state index contributed by atoms with van der Waals surface area (Å²) in [6, 6.07) is 6.08. The Kier molecular flexibility index (Phi) is 2.25. The van der Waals surface area contributed by atoms with Gasteiger partial charge in [0.2, 0.25) is 0 Å². The smallest absolute Gasteiger partial charge is 0.103 e. The second kappa shape index (κ2) is 3.42. The highest BCUT2D eigenvalue weighted by molar-refractivity contribution is 7.15. The van der Waals surface area contributed by atoms with Gasteiger partial charge >= 0.3 is 0 Å². The summed E-state index contributed by atoms with van der Waals surface area (Å²) < 4.78 is 0. The quantitative estimate of drug-likeness (QED) is 0.775. The SMILES string of the molecule is Cc1ccc(-c2nccc(C)c2N)s1. The van der Waals surface area contributed by atoms with Gasteiger partial charge in [-0.3, -0.25) is 4.98 Å². The van der Waals surface area contributed by atoms with Crippen molar-refractivity contribution in [3.05, 3.63) is 34.8 Å². The third-order valence-electron chi connectivity index (χ3n) is 2.18. The molecule has 0 amide bonds. The Morgan fingerprint density at radius 1 is 1.21 bits per heavy atom. The van der Waals surface area contributed by atoms with E-state index < -0.39 is 0 Å². The van der Waals surface area contributed by atoms with Crippen molar-refractivity contribution in [3.63, 3.8) is 0 Å². The van der Waals surface area contributed by atoms with Crippen LogP contribution in [0.5, 0.6) is 0 Å². The highest BCUT2D eigenvalue weighted by Crippen LogP contribution is 2.31. The van der Waals surface area contributed by atoms with Gasteiger partial charge in [0.15, 0.2) is 0 Å². The van der Waals surface area contributed by atoms with Crippen LogP contribution in [0.1, 0.15) is 10.4 Å². The monoisotopic (exact) mass is 204 g/mol. The second-order valence-corrected chi connectivity index (χ2v) is 4.59. The first-order valence-corrected chi connectivity index (χ1v) is 5.28. The van der Waals surface area contributed by atoms with E-state index in [0.717, 1.165) is 21.8 Å². The van der Waals surface area contributed by atoms with Gasteiger partial charge in [-0.05, 0) is 37.6 Å². The van der Waals surface area contributed by atoms with Crippen molar-refractivity contribution in [1.82, 2.24) is 4.98 Å². The molecule has 0 aliphatic carbocycles. The summed E-state index contributed by atoms with van der Waals surface area (Å²) in [5.74, 6) is 0. The van der Waals surface area contributed by atoms with Crippen molar-refractivity contribution in [2.75, 3.05) is 5.73 Å². The Balaban J connectivity index is 2.57. The third-order valence-corrected chi connectivity index (χ3v) is 3.19. The molecule has 72 valence electrons. The minimum Gasteiger partial charge on any atom is -0.397 e. The zero-order chi connectivity index (χ0) is 10.1. The molecule has 0 spiro atoms. The van der Waals surface area contributed by atoms with Crippen LogP contribution in [0.25, 0.3) is 10.6 Å². The van der Waals surface area contributed by atoms with E-state index in [1.807, 2.05) is 13.0 Å². The average molecular weight is 204 g/mol. The normalized spacial score (nSPS) is 10.4. The van der Waals surface area contributed by atoms with Gasteiger partial charge < -0.3 is 5.73 Å². The third kappa shape index (κ3) is 1.51. The van der Waals surface area contributed by atoms with E-state index in [2.05, 4.69) is 24.0 Å². The second-order valence-electron chi connectivity index (χ2n) is 3.30. The molecule has 0 unspecified atom stereocenters. The molecule has 0 fully saturated rings. The number of thiophene rings is 1. The molecule has 3 heteroatoms. The van der Waals surface area contributed by atoms with Crippen LogP contribution in [0.2, 0.25) is 0 Å². The lowest BCUT2D eigenvalue weighted by molar-refractivity contribution is 1.30. The molecule has 0 aliphatic heterocycles. The van der Waals surface area contributed by atoms with Crippen LogP contribution in [0.3, 0.4) is 0 Å². The van der Waals surface area contributed by atoms with Crippen LogP contribution in [-0.2, 0) is 0 Å². The molecular weight excluding hydrogens is 192 g/mol. The lowest BCUT2D eigenvalue weighted by Crippen LogP contribution is -1.94. The van der Waals surface area contributed by atoms with Gasteiger partial charge in [0.05, 0.1) is 10.6 Å². The molecule has 2 nitrogen and oxygen atoms in total. The average Bonchev–Trinajstić information content (AvgIpc) is 2.57. The Hall–Kier alpha value is -1.35. The maximum absolute atomic E-state index is 5.97. The summed E-state index contributed by atoms with van der Waals surface area (Å²) >= 11 is 1.72. The molecular formula is C11H12N2S. The van der Waals surface area contributed by atoms with Crippen molar-refractivity contribution >= 4 is 17.0 Å². The van der Waals surface area contributed by atoms with Crippen molar-refractivity contribution in [2.24, 2.45) is 0 Å². The Morgan fingerprint density at radius 2 is 2.00 bits per heavy atom. The predicted molar refractivity (Wildman–Crippen MR) is 61.4 cm³/mol. The minimum atomic E-state index is 0.786. The van der Waals surface area contributed by atoms with Crippen molar-refractivity contribution in [1.29, 1.82) is 0 Å². The number of hydrogen-bond acceptors (Lipinski definition) is 3. The number of pyridine rings is 1. The topological polar surface area (TPSA) is 38.9 Å². The van der Waals surface area contributed by atoms with Crippen LogP contribution in [0.4, 0.5) is 5.69 Å². The predicted octanol–water partition coefficient (Wildman–Crippen LogP) is 3.01. The fraction of sp³-hybridized carbons (Fsp3) is 0.182. The van der Waals surface area contributed by atoms with Crippen LogP contribution >= 0.6 is 11.3 Å². The van der Waals surface area contributed by atoms with E-state index in [1.165, 1.54) is 4.88 Å². The molecule has 0 aromatic carbocycles. The van der Waals surface area contributed by atoms with Crippen molar-refractivity contribution in [3.8, 4) is 10.6 Å². The van der Waals surface area contributed by atoms with Crippen molar-refractivity contribution in [2.45, 2.75) is 13.8 Å². The van der Waals surface area contributed by atoms with Gasteiger partial charge in [-0.25, -0.2) is 0 Å². The summed E-state index contributed by atoms with van der Waals surface area (Å²) in [7, 11) is 0. The summed E-state index contributed by atoms with van der Waals surface area (Å²) in [6.07, 6.45) is 1.80. The fourth-order valence-corrected chi connectivity index (χ4v) is 2.21. The van der Waals surface area contributed by atoms with E-state index in [9.17, 15) is 0 Å². The first-order valence-electron chi connectivity index (χ1n) is 4.46. The fourth-order valence-electron chi connectivity index (χ4n) is 1.33. The maximum Gasteiger partial charge on any atom is 0.103 e. The Morgan fingerprint density at radius 3 is 2.64 bits per heavy atom. The number of nitrogen functional groups attached to an aromatic ring is 1. The first-order chi connectivity index (χ1) is 6.68. The van der Waals surface area contributed by atoms with Crippen LogP contribution in [-0.4, -0.2) is 4.98 Å². The zero-order valence-corrected chi connectivity index (χ0v) is 9.06. The summed E-state index contributed by atoms with van der Waals surface area (Å²) in [4.78, 5) is 6.73. The molecule has 0 atom stereocenters. The minimum absolute atomic E-state index is 0.786. The number of nitrogens with two attached hydrogens (primary N) is 1. The number of aromatic nitrogens is 1. The molecule has 0 bridgehead atoms. The number of hydrogen-bond donors (Lipinski definition) is 1. The van der Waals surface area contributed by atoms with Gasteiger partial charge in [-0.2, -0.15) is 0 Å². The molecule has 2 N–H and O–H groups in total. The number of nitrogens with zero attached hydrogens (tertiary/aromatic N) is 1. The van der Waals surface area contributed by atoms with Gasteiger partial charge in [-0.1, -0.05) is 0 Å². The summed E-state index contributed by atoms with van der Waals surface area (Å²) in [6.45, 7) is 4.08. The van der Waals surface area contributed by atoms with E-state index in [-0.39, 0.29) is 0 Å². The van der Waals surface area contributed by atoms with Gasteiger partial charge in [0.1, 0.15) is 5.69 Å². The molecule has 2 rings (SSSR count). The lowest BCUT2D eigenvalue weighted by atomic mass is 10.2. The van der Waals surface area contributed by atoms with Gasteiger partial charge in [0, 0.05) is 11.1 Å². The Labute approximate surface area is 87.4 Å². The molecule has 14 heavy (non-hydrogen) atoms. The molecule has 0 saturated carbocycles. The van der Waals surface area contributed by atoms with Crippen LogP contribution in [0, 0.1) is 13.8 Å². The summed E-state index contributed by atoms with van der Waals surface area (Å²) in [5, 5.41) is 0.